The normalized spacial score (nSPS) is 29.1. The molecule has 0 amide bonds. The van der Waals surface area contributed by atoms with Gasteiger partial charge in [-0.15, -0.1) is 0 Å². The molecule has 1 N–H and O–H groups in total. The van der Waals surface area contributed by atoms with Crippen LogP contribution in [0.1, 0.15) is 53.4 Å². The molecule has 5 heteroatoms. The van der Waals surface area contributed by atoms with Gasteiger partial charge in [0.1, 0.15) is 5.78 Å². The molecule has 4 nitrogen and oxygen atoms in total. The molecule has 0 aromatic heterocycles. The Labute approximate surface area is 186 Å². The number of Topliss-reactive ketones (excluding diaryl/α,β-unsaturated/α-hetero) is 1. The zero-order chi connectivity index (χ0) is 22.3. The van der Waals surface area contributed by atoms with Gasteiger partial charge < -0.3 is 14.3 Å². The first kappa shape index (κ1) is 22.4. The minimum absolute atomic E-state index is 0.106. The molecule has 1 heterocycles. The summed E-state index contributed by atoms with van der Waals surface area (Å²) in [6, 6.07) is 21.0. The number of rotatable bonds is 5. The summed E-state index contributed by atoms with van der Waals surface area (Å²) in [6.45, 7) is 8.95. The number of carbonyl (C=O) groups excluding carboxylic acids is 1. The van der Waals surface area contributed by atoms with E-state index in [0.717, 1.165) is 0 Å². The van der Waals surface area contributed by atoms with Gasteiger partial charge in [-0.1, -0.05) is 81.4 Å². The van der Waals surface area contributed by atoms with Gasteiger partial charge in [-0.25, -0.2) is 0 Å². The van der Waals surface area contributed by atoms with E-state index in [4.69, 9.17) is 9.16 Å². The average Bonchev–Trinajstić information content (AvgIpc) is 3.01. The predicted molar refractivity (Wildman–Crippen MR) is 125 cm³/mol. The highest BCUT2D eigenvalue weighted by atomic mass is 28.4. The van der Waals surface area contributed by atoms with Crippen molar-refractivity contribution in [3.8, 4) is 0 Å². The number of hydrogen-bond acceptors (Lipinski definition) is 4. The van der Waals surface area contributed by atoms with Crippen molar-refractivity contribution in [2.24, 2.45) is 5.41 Å². The monoisotopic (exact) mass is 438 g/mol. The molecule has 0 unspecified atom stereocenters. The Morgan fingerprint density at radius 2 is 1.61 bits per heavy atom. The minimum Gasteiger partial charge on any atom is -0.405 e. The van der Waals surface area contributed by atoms with Crippen LogP contribution in [0, 0.1) is 5.41 Å². The highest BCUT2D eigenvalue weighted by Crippen LogP contribution is 2.52. The standard InChI is InChI=1S/C26H34O4Si/c1-24(2,3)31(21-12-7-5-8-13-21,22-14-9-6-10-15-22)29-19-20-18-25(4)23(27)16-11-17-26(25,28)30-20/h5-10,12-15,20,28H,11,16-19H2,1-4H3/t20-,25-,26+/m0/s1. The van der Waals surface area contributed by atoms with Crippen LogP contribution < -0.4 is 10.4 Å². The lowest BCUT2D eigenvalue weighted by Crippen LogP contribution is -2.67. The molecule has 3 atom stereocenters. The van der Waals surface area contributed by atoms with Gasteiger partial charge in [-0.2, -0.15) is 0 Å². The molecule has 2 aromatic rings. The molecule has 1 saturated heterocycles. The maximum Gasteiger partial charge on any atom is 0.261 e. The second kappa shape index (κ2) is 7.96. The maximum atomic E-state index is 12.7. The fraction of sp³-hybridized carbons (Fsp3) is 0.500. The van der Waals surface area contributed by atoms with Crippen molar-refractivity contribution < 1.29 is 19.1 Å². The van der Waals surface area contributed by atoms with Gasteiger partial charge in [-0.05, 0) is 35.2 Å². The lowest BCUT2D eigenvalue weighted by atomic mass is 9.69. The van der Waals surface area contributed by atoms with Gasteiger partial charge in [0.05, 0.1) is 18.1 Å². The average molecular weight is 439 g/mol. The van der Waals surface area contributed by atoms with Crippen LogP contribution in [0.5, 0.6) is 0 Å². The Morgan fingerprint density at radius 1 is 1.06 bits per heavy atom. The summed E-state index contributed by atoms with van der Waals surface area (Å²) >= 11 is 0. The van der Waals surface area contributed by atoms with E-state index in [1.165, 1.54) is 10.4 Å². The number of fused-ring (bicyclic) bond motifs is 1. The van der Waals surface area contributed by atoms with Crippen molar-refractivity contribution in [1.82, 2.24) is 0 Å². The van der Waals surface area contributed by atoms with E-state index in [2.05, 4.69) is 69.3 Å². The summed E-state index contributed by atoms with van der Waals surface area (Å²) in [4.78, 5) is 12.7. The van der Waals surface area contributed by atoms with E-state index in [1.54, 1.807) is 0 Å². The first-order valence-electron chi connectivity index (χ1n) is 11.3. The van der Waals surface area contributed by atoms with Crippen LogP contribution in [0.2, 0.25) is 5.04 Å². The molecule has 2 aromatic carbocycles. The Kier molecular flexibility index (Phi) is 5.75. The van der Waals surface area contributed by atoms with Crippen molar-refractivity contribution in [3.05, 3.63) is 60.7 Å². The molecule has 1 saturated carbocycles. The maximum absolute atomic E-state index is 12.7. The molecular formula is C26H34O4Si. The Bertz CT molecular complexity index is 884. The van der Waals surface area contributed by atoms with Gasteiger partial charge in [-0.3, -0.25) is 4.79 Å². The summed E-state index contributed by atoms with van der Waals surface area (Å²) in [5, 5.41) is 13.4. The molecule has 1 aliphatic carbocycles. The van der Waals surface area contributed by atoms with Gasteiger partial charge in [0, 0.05) is 12.8 Å². The van der Waals surface area contributed by atoms with Crippen LogP contribution >= 0.6 is 0 Å². The Balaban J connectivity index is 1.69. The first-order valence-corrected chi connectivity index (χ1v) is 13.2. The lowest BCUT2D eigenvalue weighted by Gasteiger charge is -2.43. The smallest absolute Gasteiger partial charge is 0.261 e. The van der Waals surface area contributed by atoms with E-state index in [1.807, 2.05) is 19.1 Å². The van der Waals surface area contributed by atoms with Crippen LogP contribution in [-0.4, -0.2) is 37.7 Å². The second-order valence-electron chi connectivity index (χ2n) is 10.3. The molecule has 0 radical (unpaired) electrons. The van der Waals surface area contributed by atoms with Crippen molar-refractivity contribution in [2.45, 2.75) is 70.3 Å². The third kappa shape index (κ3) is 3.61. The predicted octanol–water partition coefficient (Wildman–Crippen LogP) is 3.80. The Hall–Kier alpha value is -1.79. The number of ketones is 1. The largest absolute Gasteiger partial charge is 0.405 e. The molecule has 4 rings (SSSR count). The van der Waals surface area contributed by atoms with Crippen molar-refractivity contribution >= 4 is 24.5 Å². The molecule has 166 valence electrons. The summed E-state index contributed by atoms with van der Waals surface area (Å²) in [5.41, 5.74) is -0.843. The number of ether oxygens (including phenoxy) is 1. The highest BCUT2D eigenvalue weighted by molar-refractivity contribution is 6.99. The van der Waals surface area contributed by atoms with E-state index < -0.39 is 19.5 Å². The Morgan fingerprint density at radius 3 is 2.10 bits per heavy atom. The summed E-state index contributed by atoms with van der Waals surface area (Å²) in [6.07, 6.45) is 1.89. The van der Waals surface area contributed by atoms with Crippen molar-refractivity contribution in [2.75, 3.05) is 6.61 Å². The van der Waals surface area contributed by atoms with Crippen LogP contribution in [0.15, 0.2) is 60.7 Å². The van der Waals surface area contributed by atoms with Crippen LogP contribution in [-0.2, 0) is 14.0 Å². The third-order valence-corrected chi connectivity index (χ3v) is 12.3. The second-order valence-corrected chi connectivity index (χ2v) is 14.6. The fourth-order valence-corrected chi connectivity index (χ4v) is 10.2. The number of hydrogen-bond donors (Lipinski definition) is 1. The first-order chi connectivity index (χ1) is 14.6. The van der Waals surface area contributed by atoms with Crippen LogP contribution in [0.25, 0.3) is 0 Å². The number of benzene rings is 2. The molecule has 0 spiro atoms. The van der Waals surface area contributed by atoms with E-state index >= 15 is 0 Å². The SMILES string of the molecule is CC(C)(C)[Si](OC[C@@H]1C[C@@]2(C)C(=O)CCC[C@@]2(O)O1)(c1ccccc1)c1ccccc1. The van der Waals surface area contributed by atoms with Gasteiger partial charge in [0.15, 0.2) is 5.79 Å². The zero-order valence-electron chi connectivity index (χ0n) is 19.1. The molecular weight excluding hydrogens is 404 g/mol. The summed E-state index contributed by atoms with van der Waals surface area (Å²) in [5.74, 6) is -1.27. The molecule has 1 aliphatic heterocycles. The van der Waals surface area contributed by atoms with Crippen LogP contribution in [0.3, 0.4) is 0 Å². The zero-order valence-corrected chi connectivity index (χ0v) is 20.1. The van der Waals surface area contributed by atoms with Gasteiger partial charge in [0.25, 0.3) is 8.32 Å². The van der Waals surface area contributed by atoms with Crippen LogP contribution in [0.4, 0.5) is 0 Å². The highest BCUT2D eigenvalue weighted by Gasteiger charge is 2.62. The number of carbonyl (C=O) groups is 1. The number of aliphatic hydroxyl groups is 1. The lowest BCUT2D eigenvalue weighted by molar-refractivity contribution is -0.245. The van der Waals surface area contributed by atoms with E-state index in [-0.39, 0.29) is 16.9 Å². The van der Waals surface area contributed by atoms with Crippen molar-refractivity contribution in [3.63, 3.8) is 0 Å². The van der Waals surface area contributed by atoms with Gasteiger partial charge >= 0.3 is 0 Å². The third-order valence-electron chi connectivity index (χ3n) is 7.30. The molecule has 31 heavy (non-hydrogen) atoms. The quantitative estimate of drug-likeness (QED) is 0.722. The summed E-state index contributed by atoms with van der Waals surface area (Å²) in [7, 11) is -2.68. The molecule has 2 aliphatic rings. The van der Waals surface area contributed by atoms with Crippen molar-refractivity contribution in [1.29, 1.82) is 0 Å². The van der Waals surface area contributed by atoms with E-state index in [0.29, 0.717) is 32.3 Å². The van der Waals surface area contributed by atoms with Gasteiger partial charge in [0.2, 0.25) is 0 Å². The summed E-state index contributed by atoms with van der Waals surface area (Å²) < 4.78 is 13.1. The fourth-order valence-electron chi connectivity index (χ4n) is 5.57. The van der Waals surface area contributed by atoms with E-state index in [9.17, 15) is 9.90 Å². The topological polar surface area (TPSA) is 55.8 Å². The minimum atomic E-state index is -2.68. The molecule has 2 fully saturated rings. The molecule has 0 bridgehead atoms.